The molecule has 2 aromatic rings. The number of nitrogens with zero attached hydrogens (tertiary/aromatic N) is 1. The maximum absolute atomic E-state index is 8.28. The molecule has 0 radical (unpaired) electrons. The van der Waals surface area contributed by atoms with Gasteiger partial charge in [0.15, 0.2) is 0 Å². The van der Waals surface area contributed by atoms with Gasteiger partial charge in [-0.3, -0.25) is 5.41 Å². The van der Waals surface area contributed by atoms with Crippen LogP contribution in [0.3, 0.4) is 0 Å². The van der Waals surface area contributed by atoms with Gasteiger partial charge in [0.05, 0.1) is 0 Å². The zero-order chi connectivity index (χ0) is 12.5. The lowest BCUT2D eigenvalue weighted by Crippen LogP contribution is -2.34. The first-order valence-electron chi connectivity index (χ1n) is 6.21. The van der Waals surface area contributed by atoms with Crippen LogP contribution in [0.5, 0.6) is 0 Å². The zero-order valence-electron chi connectivity index (χ0n) is 10.4. The second kappa shape index (κ2) is 4.58. The molecule has 0 bridgehead atoms. The Hall–Kier alpha value is -1.61. The highest BCUT2D eigenvalue weighted by Crippen LogP contribution is 2.26. The lowest BCUT2D eigenvalue weighted by atomic mass is 10.1. The van der Waals surface area contributed by atoms with Crippen LogP contribution in [-0.2, 0) is 13.0 Å². The highest BCUT2D eigenvalue weighted by atomic mass is 32.1. The van der Waals surface area contributed by atoms with Crippen molar-refractivity contribution in [3.05, 3.63) is 57.8 Å². The lowest BCUT2D eigenvalue weighted by molar-refractivity contribution is 0.333. The highest BCUT2D eigenvalue weighted by molar-refractivity contribution is 7.09. The predicted molar refractivity (Wildman–Crippen MR) is 76.3 cm³/mol. The summed E-state index contributed by atoms with van der Waals surface area (Å²) in [5, 5.41) is 10.4. The van der Waals surface area contributed by atoms with E-state index in [2.05, 4.69) is 47.5 Å². The van der Waals surface area contributed by atoms with Crippen molar-refractivity contribution in [2.75, 3.05) is 0 Å². The molecule has 0 amide bonds. The van der Waals surface area contributed by atoms with Gasteiger partial charge >= 0.3 is 0 Å². The molecule has 1 unspecified atom stereocenters. The summed E-state index contributed by atoms with van der Waals surface area (Å²) in [6, 6.07) is 12.9. The first kappa shape index (κ1) is 11.5. The number of benzene rings is 1. The average Bonchev–Trinajstić information content (AvgIpc) is 2.98. The van der Waals surface area contributed by atoms with E-state index in [9.17, 15) is 0 Å². The SMILES string of the molecule is CC(Cc1cccs1)N1Cc2ccccc2C1=N. The van der Waals surface area contributed by atoms with Crippen molar-refractivity contribution in [2.45, 2.75) is 25.9 Å². The van der Waals surface area contributed by atoms with Crippen molar-refractivity contribution in [2.24, 2.45) is 0 Å². The van der Waals surface area contributed by atoms with E-state index in [-0.39, 0.29) is 0 Å². The van der Waals surface area contributed by atoms with Gasteiger partial charge in [0.2, 0.25) is 0 Å². The minimum Gasteiger partial charge on any atom is -0.349 e. The van der Waals surface area contributed by atoms with Gasteiger partial charge in [-0.15, -0.1) is 11.3 Å². The Balaban J connectivity index is 1.78. The molecule has 1 aromatic carbocycles. The predicted octanol–water partition coefficient (Wildman–Crippen LogP) is 3.52. The van der Waals surface area contributed by atoms with Crippen LogP contribution in [0.1, 0.15) is 22.9 Å². The van der Waals surface area contributed by atoms with E-state index in [1.54, 1.807) is 11.3 Å². The third-order valence-electron chi connectivity index (χ3n) is 3.51. The molecule has 1 aromatic heterocycles. The molecule has 0 fully saturated rings. The van der Waals surface area contributed by atoms with Crippen molar-refractivity contribution in [3.8, 4) is 0 Å². The van der Waals surface area contributed by atoms with Crippen LogP contribution in [-0.4, -0.2) is 16.8 Å². The van der Waals surface area contributed by atoms with E-state index >= 15 is 0 Å². The smallest absolute Gasteiger partial charge is 0.128 e. The molecule has 0 aliphatic carbocycles. The quantitative estimate of drug-likeness (QED) is 0.893. The van der Waals surface area contributed by atoms with Crippen molar-refractivity contribution in [1.29, 1.82) is 5.41 Å². The Bertz CT molecular complexity index is 560. The van der Waals surface area contributed by atoms with Crippen molar-refractivity contribution in [1.82, 2.24) is 4.90 Å². The largest absolute Gasteiger partial charge is 0.349 e. The first-order chi connectivity index (χ1) is 8.75. The fraction of sp³-hybridized carbons (Fsp3) is 0.267. The molecule has 2 nitrogen and oxygen atoms in total. The second-order valence-corrected chi connectivity index (χ2v) is 5.80. The van der Waals surface area contributed by atoms with Gasteiger partial charge in [-0.1, -0.05) is 30.3 Å². The number of hydrogen-bond donors (Lipinski definition) is 1. The van der Waals surface area contributed by atoms with Crippen LogP contribution in [0.2, 0.25) is 0 Å². The molecule has 2 heterocycles. The minimum atomic E-state index is 0.378. The zero-order valence-corrected chi connectivity index (χ0v) is 11.2. The van der Waals surface area contributed by atoms with Gasteiger partial charge in [0, 0.05) is 29.4 Å². The molecular formula is C15H16N2S. The summed E-state index contributed by atoms with van der Waals surface area (Å²) in [4.78, 5) is 3.59. The summed E-state index contributed by atoms with van der Waals surface area (Å²) in [5.74, 6) is 0.676. The van der Waals surface area contributed by atoms with Gasteiger partial charge in [0.25, 0.3) is 0 Å². The standard InChI is InChI=1S/C15H16N2S/c1-11(9-13-6-4-8-18-13)17-10-12-5-2-3-7-14(12)15(17)16/h2-8,11,16H,9-10H2,1H3. The second-order valence-electron chi connectivity index (χ2n) is 4.77. The molecule has 1 N–H and O–H groups in total. The van der Waals surface area contributed by atoms with E-state index < -0.39 is 0 Å². The first-order valence-corrected chi connectivity index (χ1v) is 7.09. The van der Waals surface area contributed by atoms with Gasteiger partial charge in [-0.2, -0.15) is 0 Å². The summed E-state index contributed by atoms with van der Waals surface area (Å²) in [7, 11) is 0. The molecule has 1 aliphatic heterocycles. The molecule has 0 saturated carbocycles. The van der Waals surface area contributed by atoms with Crippen LogP contribution in [0.15, 0.2) is 41.8 Å². The number of amidine groups is 1. The Morgan fingerprint density at radius 3 is 2.83 bits per heavy atom. The summed E-state index contributed by atoms with van der Waals surface area (Å²) < 4.78 is 0. The van der Waals surface area contributed by atoms with Crippen LogP contribution in [0.25, 0.3) is 0 Å². The Kier molecular flexibility index (Phi) is 2.92. The summed E-state index contributed by atoms with van der Waals surface area (Å²) >= 11 is 1.80. The fourth-order valence-corrected chi connectivity index (χ4v) is 3.34. The lowest BCUT2D eigenvalue weighted by Gasteiger charge is -2.25. The van der Waals surface area contributed by atoms with E-state index in [0.29, 0.717) is 11.9 Å². The number of rotatable bonds is 3. The third-order valence-corrected chi connectivity index (χ3v) is 4.41. The molecule has 92 valence electrons. The van der Waals surface area contributed by atoms with Gasteiger partial charge in [-0.25, -0.2) is 0 Å². The summed E-state index contributed by atoms with van der Waals surface area (Å²) in [6.45, 7) is 3.09. The Labute approximate surface area is 111 Å². The molecule has 0 spiro atoms. The molecule has 0 saturated heterocycles. The Morgan fingerprint density at radius 2 is 2.11 bits per heavy atom. The number of thiophene rings is 1. The maximum atomic E-state index is 8.28. The van der Waals surface area contributed by atoms with Crippen molar-refractivity contribution in [3.63, 3.8) is 0 Å². The highest BCUT2D eigenvalue weighted by Gasteiger charge is 2.27. The van der Waals surface area contributed by atoms with Crippen LogP contribution in [0.4, 0.5) is 0 Å². The van der Waals surface area contributed by atoms with Gasteiger partial charge in [0.1, 0.15) is 5.84 Å². The Morgan fingerprint density at radius 1 is 1.28 bits per heavy atom. The van der Waals surface area contributed by atoms with E-state index in [4.69, 9.17) is 5.41 Å². The topological polar surface area (TPSA) is 27.1 Å². The molecular weight excluding hydrogens is 240 g/mol. The summed E-state index contributed by atoms with van der Waals surface area (Å²) in [6.07, 6.45) is 1.02. The molecule has 3 heteroatoms. The summed E-state index contributed by atoms with van der Waals surface area (Å²) in [5.41, 5.74) is 2.37. The van der Waals surface area contributed by atoms with E-state index in [0.717, 1.165) is 18.5 Å². The monoisotopic (exact) mass is 256 g/mol. The van der Waals surface area contributed by atoms with Crippen molar-refractivity contribution < 1.29 is 0 Å². The van der Waals surface area contributed by atoms with Crippen molar-refractivity contribution >= 4 is 17.2 Å². The van der Waals surface area contributed by atoms with Crippen LogP contribution >= 0.6 is 11.3 Å². The average molecular weight is 256 g/mol. The van der Waals surface area contributed by atoms with Gasteiger partial charge in [-0.05, 0) is 23.9 Å². The molecule has 1 aliphatic rings. The normalized spacial score (nSPS) is 15.8. The van der Waals surface area contributed by atoms with E-state index in [1.807, 2.05) is 6.07 Å². The van der Waals surface area contributed by atoms with E-state index in [1.165, 1.54) is 10.4 Å². The van der Waals surface area contributed by atoms with Gasteiger partial charge < -0.3 is 4.90 Å². The van der Waals surface area contributed by atoms with Crippen LogP contribution in [0, 0.1) is 5.41 Å². The molecule has 1 atom stereocenters. The van der Waals surface area contributed by atoms with Crippen LogP contribution < -0.4 is 0 Å². The maximum Gasteiger partial charge on any atom is 0.128 e. The number of nitrogens with one attached hydrogen (secondary N) is 1. The molecule has 3 rings (SSSR count). The molecule has 18 heavy (non-hydrogen) atoms. The third kappa shape index (κ3) is 1.95. The minimum absolute atomic E-state index is 0.378. The fourth-order valence-electron chi connectivity index (χ4n) is 2.51. The number of fused-ring (bicyclic) bond motifs is 1. The number of hydrogen-bond acceptors (Lipinski definition) is 2.